The Kier molecular flexibility index (Phi) is 9.54. The van der Waals surface area contributed by atoms with Gasteiger partial charge in [0.1, 0.15) is 5.82 Å². The van der Waals surface area contributed by atoms with Gasteiger partial charge < -0.3 is 15.5 Å². The van der Waals surface area contributed by atoms with Gasteiger partial charge in [-0.3, -0.25) is 4.79 Å². The van der Waals surface area contributed by atoms with Gasteiger partial charge in [0.15, 0.2) is 0 Å². The van der Waals surface area contributed by atoms with Crippen LogP contribution in [0.4, 0.5) is 5.82 Å². The average molecular weight is 389 g/mol. The van der Waals surface area contributed by atoms with Crippen LogP contribution in [-0.2, 0) is 4.79 Å². The van der Waals surface area contributed by atoms with Crippen molar-refractivity contribution in [1.29, 1.82) is 0 Å². The van der Waals surface area contributed by atoms with Crippen LogP contribution in [0.25, 0.3) is 0 Å². The smallest absolute Gasteiger partial charge is 0.220 e. The molecule has 0 saturated carbocycles. The van der Waals surface area contributed by atoms with Crippen molar-refractivity contribution in [3.63, 3.8) is 0 Å². The first-order valence-electron chi connectivity index (χ1n) is 8.89. The molecule has 0 aliphatic carbocycles. The number of nitrogens with zero attached hydrogens (tertiary/aromatic N) is 2. The lowest BCUT2D eigenvalue weighted by Gasteiger charge is -2.33. The van der Waals surface area contributed by atoms with Gasteiger partial charge in [-0.05, 0) is 63.7 Å². The molecule has 3 heterocycles. The minimum atomic E-state index is 0. The van der Waals surface area contributed by atoms with E-state index in [9.17, 15) is 4.79 Å². The van der Waals surface area contributed by atoms with Crippen LogP contribution < -0.4 is 15.5 Å². The van der Waals surface area contributed by atoms with Crippen LogP contribution in [0.3, 0.4) is 0 Å². The first kappa shape index (κ1) is 22.0. The number of pyridine rings is 1. The maximum absolute atomic E-state index is 12.1. The van der Waals surface area contributed by atoms with Gasteiger partial charge in [-0.1, -0.05) is 6.07 Å². The van der Waals surface area contributed by atoms with Gasteiger partial charge >= 0.3 is 0 Å². The van der Waals surface area contributed by atoms with Crippen molar-refractivity contribution < 1.29 is 4.79 Å². The van der Waals surface area contributed by atoms with Crippen LogP contribution in [-0.4, -0.2) is 43.1 Å². The van der Waals surface area contributed by atoms with Gasteiger partial charge in [0.05, 0.1) is 0 Å². The lowest BCUT2D eigenvalue weighted by molar-refractivity contribution is -0.122. The molecule has 1 aromatic heterocycles. The number of amides is 1. The highest BCUT2D eigenvalue weighted by Crippen LogP contribution is 2.19. The zero-order valence-electron chi connectivity index (χ0n) is 14.9. The molecular formula is C18H30Cl2N4O. The highest BCUT2D eigenvalue weighted by molar-refractivity contribution is 5.85. The third-order valence-electron chi connectivity index (χ3n) is 5.00. The molecule has 0 aromatic carbocycles. The summed E-state index contributed by atoms with van der Waals surface area (Å²) in [6, 6.07) is 6.48. The van der Waals surface area contributed by atoms with E-state index in [-0.39, 0.29) is 30.7 Å². The van der Waals surface area contributed by atoms with Crippen molar-refractivity contribution in [2.75, 3.05) is 31.1 Å². The Morgan fingerprint density at radius 1 is 1.28 bits per heavy atom. The highest BCUT2D eigenvalue weighted by atomic mass is 35.5. The topological polar surface area (TPSA) is 57.3 Å². The second-order valence-electron chi connectivity index (χ2n) is 6.86. The van der Waals surface area contributed by atoms with E-state index >= 15 is 0 Å². The van der Waals surface area contributed by atoms with Gasteiger partial charge in [-0.25, -0.2) is 4.98 Å². The normalized spacial score (nSPS) is 20.5. The molecule has 2 aliphatic rings. The van der Waals surface area contributed by atoms with Crippen molar-refractivity contribution in [1.82, 2.24) is 15.6 Å². The van der Waals surface area contributed by atoms with Crippen LogP contribution in [0.2, 0.25) is 0 Å². The lowest BCUT2D eigenvalue weighted by atomic mass is 10.0. The SMILES string of the molecule is Cc1cccc(N2CCC(NC(=O)CCC3CCNC3)CC2)n1.Cl.Cl. The van der Waals surface area contributed by atoms with Gasteiger partial charge in [-0.15, -0.1) is 24.8 Å². The van der Waals surface area contributed by atoms with E-state index in [0.29, 0.717) is 18.4 Å². The van der Waals surface area contributed by atoms with Gasteiger partial charge in [0, 0.05) is 31.2 Å². The van der Waals surface area contributed by atoms with Gasteiger partial charge in [-0.2, -0.15) is 0 Å². The van der Waals surface area contributed by atoms with Crippen molar-refractivity contribution in [3.05, 3.63) is 23.9 Å². The monoisotopic (exact) mass is 388 g/mol. The minimum Gasteiger partial charge on any atom is -0.356 e. The van der Waals surface area contributed by atoms with Crippen LogP contribution in [0.5, 0.6) is 0 Å². The molecule has 1 aromatic rings. The molecule has 2 aliphatic heterocycles. The van der Waals surface area contributed by atoms with Gasteiger partial charge in [0.25, 0.3) is 0 Å². The summed E-state index contributed by atoms with van der Waals surface area (Å²) in [5, 5.41) is 6.58. The average Bonchev–Trinajstić information content (AvgIpc) is 3.07. The third-order valence-corrected chi connectivity index (χ3v) is 5.00. The predicted molar refractivity (Wildman–Crippen MR) is 107 cm³/mol. The highest BCUT2D eigenvalue weighted by Gasteiger charge is 2.22. The van der Waals surface area contributed by atoms with Gasteiger partial charge in [0.2, 0.25) is 5.91 Å². The summed E-state index contributed by atoms with van der Waals surface area (Å²) in [4.78, 5) is 19.0. The number of hydrogen-bond acceptors (Lipinski definition) is 4. The molecule has 1 unspecified atom stereocenters. The Bertz CT molecular complexity index is 530. The van der Waals surface area contributed by atoms with E-state index in [2.05, 4.69) is 32.7 Å². The molecule has 2 N–H and O–H groups in total. The third kappa shape index (κ3) is 6.65. The number of carbonyl (C=O) groups excluding carboxylic acids is 1. The number of rotatable bonds is 5. The second-order valence-corrected chi connectivity index (χ2v) is 6.86. The second kappa shape index (κ2) is 10.8. The quantitative estimate of drug-likeness (QED) is 0.813. The van der Waals surface area contributed by atoms with E-state index in [1.807, 2.05) is 13.0 Å². The standard InChI is InChI=1S/C18H28N4O.2ClH/c1-14-3-2-4-17(20-14)22-11-8-16(9-12-22)21-18(23)6-5-15-7-10-19-13-15;;/h2-4,15-16,19H,5-13H2,1H3,(H,21,23);2*1H. The molecule has 2 fully saturated rings. The van der Waals surface area contributed by atoms with E-state index < -0.39 is 0 Å². The number of carbonyl (C=O) groups is 1. The van der Waals surface area contributed by atoms with Crippen molar-refractivity contribution >= 4 is 36.5 Å². The summed E-state index contributed by atoms with van der Waals surface area (Å²) in [5.74, 6) is 1.97. The molecule has 0 bridgehead atoms. The first-order valence-corrected chi connectivity index (χ1v) is 8.89. The number of piperidine rings is 1. The minimum absolute atomic E-state index is 0. The Hall–Kier alpha value is -1.04. The van der Waals surface area contributed by atoms with Crippen LogP contribution >= 0.6 is 24.8 Å². The Labute approximate surface area is 163 Å². The first-order chi connectivity index (χ1) is 11.2. The number of halogens is 2. The van der Waals surface area contributed by atoms with Crippen LogP contribution in [0, 0.1) is 12.8 Å². The van der Waals surface area contributed by atoms with Crippen molar-refractivity contribution in [3.8, 4) is 0 Å². The zero-order valence-corrected chi connectivity index (χ0v) is 16.5. The molecule has 0 radical (unpaired) electrons. The molecule has 1 atom stereocenters. The fourth-order valence-corrected chi connectivity index (χ4v) is 3.55. The molecule has 3 rings (SSSR count). The maximum atomic E-state index is 12.1. The maximum Gasteiger partial charge on any atom is 0.220 e. The van der Waals surface area contributed by atoms with Crippen molar-refractivity contribution in [2.24, 2.45) is 5.92 Å². The molecule has 1 amide bonds. The Morgan fingerprint density at radius 2 is 2.04 bits per heavy atom. The van der Waals surface area contributed by atoms with E-state index in [1.54, 1.807) is 0 Å². The van der Waals surface area contributed by atoms with Crippen molar-refractivity contribution in [2.45, 2.75) is 45.1 Å². The number of anilines is 1. The summed E-state index contributed by atoms with van der Waals surface area (Å²) in [7, 11) is 0. The molecule has 2 saturated heterocycles. The van der Waals surface area contributed by atoms with E-state index in [1.165, 1.54) is 6.42 Å². The van der Waals surface area contributed by atoms with E-state index in [0.717, 1.165) is 57.0 Å². The number of aromatic nitrogens is 1. The molecule has 0 spiro atoms. The van der Waals surface area contributed by atoms with E-state index in [4.69, 9.17) is 0 Å². The summed E-state index contributed by atoms with van der Waals surface area (Å²) >= 11 is 0. The zero-order chi connectivity index (χ0) is 16.1. The largest absolute Gasteiger partial charge is 0.356 e. The molecular weight excluding hydrogens is 359 g/mol. The molecule has 25 heavy (non-hydrogen) atoms. The molecule has 142 valence electrons. The molecule has 7 heteroatoms. The summed E-state index contributed by atoms with van der Waals surface area (Å²) in [5.41, 5.74) is 1.05. The van der Waals surface area contributed by atoms with Crippen LogP contribution in [0.1, 0.15) is 37.8 Å². The number of hydrogen-bond donors (Lipinski definition) is 2. The molecule has 5 nitrogen and oxygen atoms in total. The Morgan fingerprint density at radius 3 is 2.68 bits per heavy atom. The number of nitrogens with one attached hydrogen (secondary N) is 2. The fraction of sp³-hybridized carbons (Fsp3) is 0.667. The lowest BCUT2D eigenvalue weighted by Crippen LogP contribution is -2.45. The fourth-order valence-electron chi connectivity index (χ4n) is 3.55. The summed E-state index contributed by atoms with van der Waals surface area (Å²) in [6.07, 6.45) is 4.92. The summed E-state index contributed by atoms with van der Waals surface area (Å²) < 4.78 is 0. The Balaban J connectivity index is 0.00000156. The number of aryl methyl sites for hydroxylation is 1. The summed E-state index contributed by atoms with van der Waals surface area (Å²) in [6.45, 7) is 6.14. The van der Waals surface area contributed by atoms with Crippen LogP contribution in [0.15, 0.2) is 18.2 Å². The predicted octanol–water partition coefficient (Wildman–Crippen LogP) is 2.71.